The Bertz CT molecular complexity index is 637. The molecule has 0 N–H and O–H groups in total. The van der Waals surface area contributed by atoms with E-state index in [2.05, 4.69) is 39.7 Å². The second kappa shape index (κ2) is 5.43. The van der Waals surface area contributed by atoms with Gasteiger partial charge in [-0.15, -0.1) is 6.42 Å². The van der Waals surface area contributed by atoms with Crippen molar-refractivity contribution in [3.63, 3.8) is 0 Å². The molecule has 0 spiro atoms. The number of benzene rings is 2. The van der Waals surface area contributed by atoms with Crippen molar-refractivity contribution >= 4 is 0 Å². The highest BCUT2D eigenvalue weighted by Crippen LogP contribution is 2.34. The van der Waals surface area contributed by atoms with Gasteiger partial charge >= 0.3 is 0 Å². The predicted molar refractivity (Wildman–Crippen MR) is 84.3 cm³/mol. The summed E-state index contributed by atoms with van der Waals surface area (Å²) in [6.07, 6.45) is 5.49. The number of hydrogen-bond donors (Lipinski definition) is 0. The molecule has 20 heavy (non-hydrogen) atoms. The van der Waals surface area contributed by atoms with Crippen LogP contribution in [0.5, 0.6) is 11.5 Å². The van der Waals surface area contributed by atoms with Crippen LogP contribution in [0.15, 0.2) is 42.5 Å². The summed E-state index contributed by atoms with van der Waals surface area (Å²) in [4.78, 5) is 0. The van der Waals surface area contributed by atoms with Gasteiger partial charge in [0.15, 0.2) is 0 Å². The van der Waals surface area contributed by atoms with Crippen LogP contribution in [0.1, 0.15) is 37.5 Å². The molecule has 0 saturated heterocycles. The van der Waals surface area contributed by atoms with E-state index in [1.807, 2.05) is 36.4 Å². The predicted octanol–water partition coefficient (Wildman–Crippen LogP) is 5.07. The zero-order valence-electron chi connectivity index (χ0n) is 12.5. The summed E-state index contributed by atoms with van der Waals surface area (Å²) in [6.45, 7) is 8.56. The first kappa shape index (κ1) is 14.2. The fourth-order valence-electron chi connectivity index (χ4n) is 2.05. The quantitative estimate of drug-likeness (QED) is 0.688. The average Bonchev–Trinajstić information content (AvgIpc) is 2.40. The van der Waals surface area contributed by atoms with Crippen molar-refractivity contribution in [3.8, 4) is 23.8 Å². The van der Waals surface area contributed by atoms with Crippen LogP contribution in [-0.2, 0) is 5.41 Å². The van der Waals surface area contributed by atoms with Gasteiger partial charge in [-0.2, -0.15) is 0 Å². The smallest absolute Gasteiger partial charge is 0.132 e. The Morgan fingerprint density at radius 3 is 2.20 bits per heavy atom. The topological polar surface area (TPSA) is 9.23 Å². The number of rotatable bonds is 2. The van der Waals surface area contributed by atoms with Gasteiger partial charge in [-0.25, -0.2) is 0 Å². The number of hydrogen-bond acceptors (Lipinski definition) is 1. The maximum Gasteiger partial charge on any atom is 0.132 e. The highest BCUT2D eigenvalue weighted by molar-refractivity contribution is 5.48. The van der Waals surface area contributed by atoms with Gasteiger partial charge in [0, 0.05) is 11.1 Å². The number of terminal acetylenes is 1. The Kier molecular flexibility index (Phi) is 3.86. The summed E-state index contributed by atoms with van der Waals surface area (Å²) in [7, 11) is 0. The van der Waals surface area contributed by atoms with Crippen molar-refractivity contribution < 1.29 is 4.74 Å². The highest BCUT2D eigenvalue weighted by atomic mass is 16.5. The van der Waals surface area contributed by atoms with Gasteiger partial charge in [0.2, 0.25) is 0 Å². The van der Waals surface area contributed by atoms with E-state index in [0.29, 0.717) is 0 Å². The molecule has 2 aromatic carbocycles. The molecule has 1 nitrogen and oxygen atoms in total. The lowest BCUT2D eigenvalue weighted by atomic mass is 9.86. The van der Waals surface area contributed by atoms with Gasteiger partial charge in [-0.1, -0.05) is 50.5 Å². The van der Waals surface area contributed by atoms with E-state index in [-0.39, 0.29) is 5.41 Å². The van der Waals surface area contributed by atoms with Crippen LogP contribution in [0.2, 0.25) is 0 Å². The zero-order chi connectivity index (χ0) is 14.8. The van der Waals surface area contributed by atoms with Crippen LogP contribution in [0, 0.1) is 19.3 Å². The molecule has 0 atom stereocenters. The Hall–Kier alpha value is -2.20. The Balaban J connectivity index is 2.43. The number of aryl methyl sites for hydroxylation is 1. The summed E-state index contributed by atoms with van der Waals surface area (Å²) in [6, 6.07) is 14.0. The summed E-state index contributed by atoms with van der Waals surface area (Å²) >= 11 is 0. The molecule has 0 aromatic heterocycles. The van der Waals surface area contributed by atoms with Crippen molar-refractivity contribution in [1.29, 1.82) is 0 Å². The molecule has 0 aliphatic heterocycles. The maximum atomic E-state index is 6.04. The zero-order valence-corrected chi connectivity index (χ0v) is 12.5. The van der Waals surface area contributed by atoms with E-state index >= 15 is 0 Å². The first-order valence-electron chi connectivity index (χ1n) is 6.76. The minimum Gasteiger partial charge on any atom is -0.457 e. The summed E-state index contributed by atoms with van der Waals surface area (Å²) < 4.78 is 6.04. The van der Waals surface area contributed by atoms with Crippen LogP contribution in [0.3, 0.4) is 0 Å². The highest BCUT2D eigenvalue weighted by Gasteiger charge is 2.19. The van der Waals surface area contributed by atoms with Gasteiger partial charge in [0.05, 0.1) is 0 Å². The van der Waals surface area contributed by atoms with Crippen LogP contribution < -0.4 is 4.74 Å². The van der Waals surface area contributed by atoms with Crippen molar-refractivity contribution in [1.82, 2.24) is 0 Å². The molecule has 2 aromatic rings. The summed E-state index contributed by atoms with van der Waals surface area (Å²) in [5, 5.41) is 0. The standard InChI is InChI=1S/C19H20O/c1-6-15-9-12-17(19(3,4)5)18(13-15)20-16-10-7-14(2)8-11-16/h1,7-13H,2-5H3. The summed E-state index contributed by atoms with van der Waals surface area (Å²) in [5.74, 6) is 4.32. The Labute approximate surface area is 121 Å². The van der Waals surface area contributed by atoms with E-state index in [1.165, 1.54) is 5.56 Å². The molecule has 0 heterocycles. The molecule has 0 amide bonds. The molecule has 0 unspecified atom stereocenters. The molecule has 0 radical (unpaired) electrons. The Morgan fingerprint density at radius 2 is 1.65 bits per heavy atom. The molecular weight excluding hydrogens is 244 g/mol. The van der Waals surface area contributed by atoms with Gasteiger partial charge in [0.1, 0.15) is 11.5 Å². The van der Waals surface area contributed by atoms with Gasteiger partial charge < -0.3 is 4.74 Å². The van der Waals surface area contributed by atoms with Crippen molar-refractivity contribution in [2.75, 3.05) is 0 Å². The van der Waals surface area contributed by atoms with Crippen LogP contribution >= 0.6 is 0 Å². The van der Waals surface area contributed by atoms with Crippen LogP contribution in [0.25, 0.3) is 0 Å². The van der Waals surface area contributed by atoms with E-state index in [9.17, 15) is 0 Å². The lowest BCUT2D eigenvalue weighted by molar-refractivity contribution is 0.455. The molecule has 102 valence electrons. The van der Waals surface area contributed by atoms with Crippen LogP contribution in [-0.4, -0.2) is 0 Å². The summed E-state index contributed by atoms with van der Waals surface area (Å²) in [5.41, 5.74) is 3.20. The minimum atomic E-state index is 0.00710. The molecular formula is C19H20O. The van der Waals surface area contributed by atoms with Crippen LogP contribution in [0.4, 0.5) is 0 Å². The molecule has 0 saturated carbocycles. The van der Waals surface area contributed by atoms with E-state index in [4.69, 9.17) is 11.2 Å². The normalized spacial score (nSPS) is 10.9. The molecule has 0 aliphatic carbocycles. The van der Waals surface area contributed by atoms with Crippen molar-refractivity contribution in [2.24, 2.45) is 0 Å². The first-order chi connectivity index (χ1) is 9.40. The molecule has 0 bridgehead atoms. The van der Waals surface area contributed by atoms with E-state index in [1.54, 1.807) is 0 Å². The number of ether oxygens (including phenoxy) is 1. The second-order valence-corrected chi connectivity index (χ2v) is 6.02. The molecule has 1 heteroatoms. The fraction of sp³-hybridized carbons (Fsp3) is 0.263. The lowest BCUT2D eigenvalue weighted by Gasteiger charge is -2.23. The van der Waals surface area contributed by atoms with Crippen molar-refractivity contribution in [2.45, 2.75) is 33.1 Å². The third kappa shape index (κ3) is 3.22. The lowest BCUT2D eigenvalue weighted by Crippen LogP contribution is -2.12. The Morgan fingerprint density at radius 1 is 1.00 bits per heavy atom. The molecule has 0 fully saturated rings. The molecule has 0 aliphatic rings. The van der Waals surface area contributed by atoms with Gasteiger partial charge in [-0.05, 0) is 36.6 Å². The average molecular weight is 264 g/mol. The van der Waals surface area contributed by atoms with Crippen molar-refractivity contribution in [3.05, 3.63) is 59.2 Å². The largest absolute Gasteiger partial charge is 0.457 e. The third-order valence-electron chi connectivity index (χ3n) is 3.21. The van der Waals surface area contributed by atoms with E-state index < -0.39 is 0 Å². The maximum absolute atomic E-state index is 6.04. The van der Waals surface area contributed by atoms with Gasteiger partial charge in [0.25, 0.3) is 0 Å². The second-order valence-electron chi connectivity index (χ2n) is 6.02. The van der Waals surface area contributed by atoms with E-state index in [0.717, 1.165) is 22.6 Å². The molecule has 2 rings (SSSR count). The fourth-order valence-corrected chi connectivity index (χ4v) is 2.05. The minimum absolute atomic E-state index is 0.00710. The third-order valence-corrected chi connectivity index (χ3v) is 3.21. The SMILES string of the molecule is C#Cc1ccc(C(C)(C)C)c(Oc2ccc(C)cc2)c1. The first-order valence-corrected chi connectivity index (χ1v) is 6.76. The van der Waals surface area contributed by atoms with Gasteiger partial charge in [-0.3, -0.25) is 0 Å². The monoisotopic (exact) mass is 264 g/mol.